The summed E-state index contributed by atoms with van der Waals surface area (Å²) in [5.74, 6) is 0.686. The molecule has 4 rings (SSSR count). The molecule has 4 heterocycles. The van der Waals surface area contributed by atoms with E-state index in [1.165, 1.54) is 39.8 Å². The van der Waals surface area contributed by atoms with Gasteiger partial charge in [0, 0.05) is 24.9 Å². The van der Waals surface area contributed by atoms with Crippen molar-refractivity contribution in [3.63, 3.8) is 0 Å². The largest absolute Gasteiger partial charge is 0.481 e. The van der Waals surface area contributed by atoms with Crippen LogP contribution in [0, 0.1) is 6.92 Å². The molecule has 4 aromatic rings. The first-order chi connectivity index (χ1) is 16.8. The lowest BCUT2D eigenvalue weighted by molar-refractivity contribution is 0.0985. The van der Waals surface area contributed by atoms with E-state index in [0.29, 0.717) is 34.3 Å². The number of hydrogen-bond acceptors (Lipinski definition) is 11. The number of anilines is 1. The van der Waals surface area contributed by atoms with Gasteiger partial charge in [-0.15, -0.1) is 10.2 Å². The molecule has 1 N–H and O–H groups in total. The van der Waals surface area contributed by atoms with Gasteiger partial charge in [-0.25, -0.2) is 13.4 Å². The Bertz CT molecular complexity index is 1370. The molecule has 0 aliphatic heterocycles. The molecule has 0 aromatic carbocycles. The summed E-state index contributed by atoms with van der Waals surface area (Å²) < 4.78 is 46.4. The lowest BCUT2D eigenvalue weighted by atomic mass is 10.2. The molecular weight excluding hydrogens is 476 g/mol. The van der Waals surface area contributed by atoms with Crippen LogP contribution in [0.5, 0.6) is 5.88 Å². The Morgan fingerprint density at radius 1 is 1.14 bits per heavy atom. The minimum absolute atomic E-state index is 0.0116. The Labute approximate surface area is 201 Å². The summed E-state index contributed by atoms with van der Waals surface area (Å²) in [6, 6.07) is 5.15. The van der Waals surface area contributed by atoms with E-state index >= 15 is 0 Å². The molecule has 0 aliphatic carbocycles. The molecule has 4 aromatic heterocycles. The molecule has 184 valence electrons. The molecule has 0 radical (unpaired) electrons. The number of hydrogen-bond donors (Lipinski definition) is 1. The third-order valence-corrected chi connectivity index (χ3v) is 6.93. The highest BCUT2D eigenvalue weighted by Crippen LogP contribution is 2.27. The Balaban J connectivity index is 1.69. The predicted molar refractivity (Wildman–Crippen MR) is 124 cm³/mol. The first kappa shape index (κ1) is 24.2. The van der Waals surface area contributed by atoms with Gasteiger partial charge in [-0.05, 0) is 19.9 Å². The maximum Gasteiger partial charge on any atom is 0.240 e. The molecule has 0 saturated carbocycles. The number of pyridine rings is 1. The van der Waals surface area contributed by atoms with Gasteiger partial charge in [0.2, 0.25) is 21.9 Å². The first-order valence-electron chi connectivity index (χ1n) is 10.5. The van der Waals surface area contributed by atoms with Gasteiger partial charge in [-0.2, -0.15) is 0 Å². The number of aromatic nitrogens is 7. The van der Waals surface area contributed by atoms with E-state index in [9.17, 15) is 8.42 Å². The van der Waals surface area contributed by atoms with Crippen LogP contribution in [0.1, 0.15) is 30.0 Å². The summed E-state index contributed by atoms with van der Waals surface area (Å²) >= 11 is 0. The fraction of sp³-hybridized carbons (Fsp3) is 0.333. The average Bonchev–Trinajstić information content (AvgIpc) is 3.51. The van der Waals surface area contributed by atoms with Crippen LogP contribution in [0.25, 0.3) is 11.5 Å². The second-order valence-electron chi connectivity index (χ2n) is 7.62. The van der Waals surface area contributed by atoms with Crippen molar-refractivity contribution in [3.8, 4) is 17.4 Å². The molecule has 14 heteroatoms. The van der Waals surface area contributed by atoms with Gasteiger partial charge in [0.15, 0.2) is 5.82 Å². The van der Waals surface area contributed by atoms with Crippen LogP contribution in [-0.4, -0.2) is 62.8 Å². The topological polar surface area (TPSA) is 160 Å². The standard InChI is InChI=1S/C21H24N8O5S/c1-13-8-23-17(10-22-13)19(33-4)14(2)35(30,31)28-21-27-26-20(16-6-5-7-18(25-16)32-3)29(21)11-15-9-24-34-12-15/h5-10,12,14,19H,11H2,1-4H3,(H,27,28). The molecule has 0 amide bonds. The molecule has 0 bridgehead atoms. The quantitative estimate of drug-likeness (QED) is 0.339. The van der Waals surface area contributed by atoms with Crippen molar-refractivity contribution < 1.29 is 22.4 Å². The van der Waals surface area contributed by atoms with Crippen molar-refractivity contribution >= 4 is 16.0 Å². The van der Waals surface area contributed by atoms with Crippen LogP contribution in [0.3, 0.4) is 0 Å². The summed E-state index contributed by atoms with van der Waals surface area (Å²) in [5, 5.41) is 10.9. The third-order valence-electron chi connectivity index (χ3n) is 5.23. The highest BCUT2D eigenvalue weighted by molar-refractivity contribution is 7.93. The number of aryl methyl sites for hydroxylation is 1. The Morgan fingerprint density at radius 2 is 1.97 bits per heavy atom. The summed E-state index contributed by atoms with van der Waals surface area (Å²) in [4.78, 5) is 12.8. The molecule has 0 aliphatic rings. The summed E-state index contributed by atoms with van der Waals surface area (Å²) in [7, 11) is -1.10. The van der Waals surface area contributed by atoms with Crippen molar-refractivity contribution in [1.82, 2.24) is 34.9 Å². The molecular formula is C21H24N8O5S. The van der Waals surface area contributed by atoms with Gasteiger partial charge in [-0.1, -0.05) is 11.2 Å². The second kappa shape index (κ2) is 10.1. The molecule has 13 nitrogen and oxygen atoms in total. The molecule has 2 atom stereocenters. The SMILES string of the molecule is COc1cccc(-c2nnc(NS(=O)(=O)C(C)C(OC)c3cnc(C)cn3)n2Cc2cnoc2)n1. The summed E-state index contributed by atoms with van der Waals surface area (Å²) in [5.41, 5.74) is 2.21. The van der Waals surface area contributed by atoms with Crippen LogP contribution in [0.4, 0.5) is 5.95 Å². The smallest absolute Gasteiger partial charge is 0.240 e. The second-order valence-corrected chi connectivity index (χ2v) is 9.66. The normalized spacial score (nSPS) is 13.4. The zero-order valence-electron chi connectivity index (χ0n) is 19.5. The van der Waals surface area contributed by atoms with Crippen LogP contribution >= 0.6 is 0 Å². The first-order valence-corrected chi connectivity index (χ1v) is 12.0. The van der Waals surface area contributed by atoms with Gasteiger partial charge < -0.3 is 14.0 Å². The molecule has 0 fully saturated rings. The minimum atomic E-state index is -4.02. The number of methoxy groups -OCH3 is 2. The zero-order chi connectivity index (χ0) is 25.0. The van der Waals surface area contributed by atoms with Crippen LogP contribution in [0.15, 0.2) is 47.6 Å². The van der Waals surface area contributed by atoms with Gasteiger partial charge in [0.1, 0.15) is 23.3 Å². The van der Waals surface area contributed by atoms with E-state index in [2.05, 4.69) is 35.0 Å². The van der Waals surface area contributed by atoms with Gasteiger partial charge >= 0.3 is 0 Å². The predicted octanol–water partition coefficient (Wildman–Crippen LogP) is 2.00. The van der Waals surface area contributed by atoms with Crippen molar-refractivity contribution in [2.24, 2.45) is 0 Å². The van der Waals surface area contributed by atoms with E-state index in [-0.39, 0.29) is 12.5 Å². The van der Waals surface area contributed by atoms with Gasteiger partial charge in [-0.3, -0.25) is 19.3 Å². The van der Waals surface area contributed by atoms with Crippen molar-refractivity contribution in [2.75, 3.05) is 18.9 Å². The Kier molecular flexibility index (Phi) is 7.02. The van der Waals surface area contributed by atoms with Crippen LogP contribution in [-0.2, 0) is 21.3 Å². The third kappa shape index (κ3) is 5.27. The lowest BCUT2D eigenvalue weighted by Crippen LogP contribution is -2.33. The van der Waals surface area contributed by atoms with Crippen molar-refractivity contribution in [1.29, 1.82) is 0 Å². The van der Waals surface area contributed by atoms with Crippen molar-refractivity contribution in [3.05, 3.63) is 60.0 Å². The van der Waals surface area contributed by atoms with Crippen molar-refractivity contribution in [2.45, 2.75) is 31.7 Å². The van der Waals surface area contributed by atoms with Crippen LogP contribution < -0.4 is 9.46 Å². The van der Waals surface area contributed by atoms with E-state index in [4.69, 9.17) is 14.0 Å². The average molecular weight is 501 g/mol. The highest BCUT2D eigenvalue weighted by atomic mass is 32.2. The van der Waals surface area contributed by atoms with E-state index in [1.807, 2.05) is 0 Å². The summed E-state index contributed by atoms with van der Waals surface area (Å²) in [6.45, 7) is 3.48. The number of ether oxygens (including phenoxy) is 2. The number of nitrogens with zero attached hydrogens (tertiary/aromatic N) is 7. The molecule has 0 spiro atoms. The fourth-order valence-electron chi connectivity index (χ4n) is 3.34. The number of rotatable bonds is 10. The number of nitrogens with one attached hydrogen (secondary N) is 1. The van der Waals surface area contributed by atoms with E-state index in [0.717, 1.165) is 0 Å². The number of sulfonamides is 1. The molecule has 35 heavy (non-hydrogen) atoms. The maximum absolute atomic E-state index is 13.4. The zero-order valence-corrected chi connectivity index (χ0v) is 20.3. The highest BCUT2D eigenvalue weighted by Gasteiger charge is 2.33. The molecule has 2 unspecified atom stereocenters. The Morgan fingerprint density at radius 3 is 2.63 bits per heavy atom. The monoisotopic (exact) mass is 500 g/mol. The fourth-order valence-corrected chi connectivity index (χ4v) is 4.51. The Hall–Kier alpha value is -3.91. The van der Waals surface area contributed by atoms with Gasteiger partial charge in [0.05, 0.1) is 37.4 Å². The van der Waals surface area contributed by atoms with Crippen LogP contribution in [0.2, 0.25) is 0 Å². The van der Waals surface area contributed by atoms with E-state index in [1.54, 1.807) is 35.9 Å². The minimum Gasteiger partial charge on any atom is -0.481 e. The lowest BCUT2D eigenvalue weighted by Gasteiger charge is -2.22. The maximum atomic E-state index is 13.4. The van der Waals surface area contributed by atoms with Gasteiger partial charge in [0.25, 0.3) is 0 Å². The summed E-state index contributed by atoms with van der Waals surface area (Å²) in [6.07, 6.45) is 5.14. The van der Waals surface area contributed by atoms with E-state index < -0.39 is 21.4 Å². The molecule has 0 saturated heterocycles.